The molecular formula is C27H30N4O4. The smallest absolute Gasteiger partial charge is 0.246 e. The molecule has 2 aliphatic rings. The second kappa shape index (κ2) is 9.64. The molecule has 0 aliphatic carbocycles. The number of hydrogen-bond acceptors (Lipinski definition) is 6. The SMILES string of the molecule is Cc1oc2ccccc2c1CN(C)C(=O)/C=C/c1cnc2c(c1)CC[C@@H](N1CC[C@@H](O)C1)C(=O)N2. The molecule has 1 aromatic carbocycles. The molecule has 1 saturated heterocycles. The quantitative estimate of drug-likeness (QED) is 0.552. The molecule has 0 bridgehead atoms. The number of aliphatic hydroxyl groups is 1. The molecule has 2 atom stereocenters. The molecule has 0 saturated carbocycles. The van der Waals surface area contributed by atoms with Gasteiger partial charge < -0.3 is 19.7 Å². The maximum absolute atomic E-state index is 12.8. The number of rotatable bonds is 5. The Kier molecular flexibility index (Phi) is 6.40. The highest BCUT2D eigenvalue weighted by Crippen LogP contribution is 2.27. The van der Waals surface area contributed by atoms with Crippen LogP contribution in [0.5, 0.6) is 0 Å². The highest BCUT2D eigenvalue weighted by atomic mass is 16.3. The van der Waals surface area contributed by atoms with Crippen LogP contribution in [0.3, 0.4) is 0 Å². The van der Waals surface area contributed by atoms with E-state index < -0.39 is 0 Å². The van der Waals surface area contributed by atoms with Crippen LogP contribution in [0.2, 0.25) is 0 Å². The molecule has 0 unspecified atom stereocenters. The molecule has 8 nitrogen and oxygen atoms in total. The fraction of sp³-hybridized carbons (Fsp3) is 0.370. The van der Waals surface area contributed by atoms with Crippen molar-refractivity contribution in [1.29, 1.82) is 0 Å². The summed E-state index contributed by atoms with van der Waals surface area (Å²) in [4.78, 5) is 33.7. The Labute approximate surface area is 204 Å². The molecule has 2 amide bonds. The lowest BCUT2D eigenvalue weighted by Crippen LogP contribution is -2.42. The monoisotopic (exact) mass is 474 g/mol. The predicted octanol–water partition coefficient (Wildman–Crippen LogP) is 3.13. The lowest BCUT2D eigenvalue weighted by Gasteiger charge is -2.24. The van der Waals surface area contributed by atoms with Gasteiger partial charge in [0.15, 0.2) is 0 Å². The van der Waals surface area contributed by atoms with Gasteiger partial charge in [-0.25, -0.2) is 4.98 Å². The van der Waals surface area contributed by atoms with Crippen LogP contribution < -0.4 is 5.32 Å². The fourth-order valence-electron chi connectivity index (χ4n) is 4.97. The zero-order chi connectivity index (χ0) is 24.5. The second-order valence-electron chi connectivity index (χ2n) is 9.42. The predicted molar refractivity (Wildman–Crippen MR) is 134 cm³/mol. The number of carbonyl (C=O) groups excluding carboxylic acids is 2. The number of para-hydroxylation sites is 1. The van der Waals surface area contributed by atoms with Crippen molar-refractivity contribution in [3.05, 3.63) is 65.1 Å². The lowest BCUT2D eigenvalue weighted by molar-refractivity contribution is -0.125. The van der Waals surface area contributed by atoms with Gasteiger partial charge in [-0.05, 0) is 55.5 Å². The normalized spacial score (nSPS) is 20.7. The van der Waals surface area contributed by atoms with Crippen molar-refractivity contribution in [1.82, 2.24) is 14.8 Å². The highest BCUT2D eigenvalue weighted by molar-refractivity contribution is 5.96. The molecule has 2 aliphatic heterocycles. The minimum absolute atomic E-state index is 0.0764. The summed E-state index contributed by atoms with van der Waals surface area (Å²) in [6.07, 6.45) is 6.66. The van der Waals surface area contributed by atoms with Gasteiger partial charge in [-0.15, -0.1) is 0 Å². The number of aromatic nitrogens is 1. The van der Waals surface area contributed by atoms with Gasteiger partial charge in [0.05, 0.1) is 12.1 Å². The molecule has 0 spiro atoms. The summed E-state index contributed by atoms with van der Waals surface area (Å²) in [5, 5.41) is 13.8. The first-order valence-corrected chi connectivity index (χ1v) is 12.0. The van der Waals surface area contributed by atoms with Gasteiger partial charge in [0.1, 0.15) is 17.2 Å². The van der Waals surface area contributed by atoms with E-state index >= 15 is 0 Å². The van der Waals surface area contributed by atoms with E-state index in [1.165, 1.54) is 0 Å². The minimum atomic E-state index is -0.366. The van der Waals surface area contributed by atoms with Crippen molar-refractivity contribution in [2.24, 2.45) is 0 Å². The molecule has 182 valence electrons. The minimum Gasteiger partial charge on any atom is -0.461 e. The maximum Gasteiger partial charge on any atom is 0.246 e. The van der Waals surface area contributed by atoms with Crippen molar-refractivity contribution < 1.29 is 19.1 Å². The number of amides is 2. The number of hydrogen-bond donors (Lipinski definition) is 2. The first-order chi connectivity index (χ1) is 16.9. The zero-order valence-electron chi connectivity index (χ0n) is 20.0. The van der Waals surface area contributed by atoms with Crippen LogP contribution in [-0.4, -0.2) is 64.0 Å². The second-order valence-corrected chi connectivity index (χ2v) is 9.42. The van der Waals surface area contributed by atoms with Gasteiger partial charge in [0.2, 0.25) is 11.8 Å². The van der Waals surface area contributed by atoms with Gasteiger partial charge in [0, 0.05) is 49.9 Å². The molecule has 0 radical (unpaired) electrons. The Bertz CT molecular complexity index is 1300. The third-order valence-electron chi connectivity index (χ3n) is 6.94. The number of aliphatic hydroxyl groups excluding tert-OH is 1. The van der Waals surface area contributed by atoms with Crippen LogP contribution >= 0.6 is 0 Å². The first kappa shape index (κ1) is 23.3. The van der Waals surface area contributed by atoms with Gasteiger partial charge in [0.25, 0.3) is 0 Å². The number of furan rings is 1. The number of pyridine rings is 1. The largest absolute Gasteiger partial charge is 0.461 e. The molecule has 8 heteroatoms. The number of nitrogens with one attached hydrogen (secondary N) is 1. The van der Waals surface area contributed by atoms with Crippen molar-refractivity contribution in [2.75, 3.05) is 25.5 Å². The van der Waals surface area contributed by atoms with Gasteiger partial charge in [-0.1, -0.05) is 18.2 Å². The Morgan fingerprint density at radius 3 is 2.97 bits per heavy atom. The summed E-state index contributed by atoms with van der Waals surface area (Å²) in [7, 11) is 1.77. The number of likely N-dealkylation sites (tertiary alicyclic amines) is 1. The molecular weight excluding hydrogens is 444 g/mol. The number of β-amino-alcohol motifs (C(OH)–C–C–N with tert-alkyl or cyclic N) is 1. The molecule has 3 aromatic rings. The molecule has 4 heterocycles. The standard InChI is InChI=1S/C27H30N4O4/c1-17-22(21-5-3-4-6-24(21)35-17)16-30(2)25(33)10-7-18-13-19-8-9-23(31-12-11-20(32)15-31)27(34)29-26(19)28-14-18/h3-7,10,13-14,20,23,32H,8-9,11-12,15-16H2,1-2H3,(H,28,29,34)/b10-7+/t20-,23-/m1/s1. The van der Waals surface area contributed by atoms with E-state index in [9.17, 15) is 14.7 Å². The van der Waals surface area contributed by atoms with Crippen LogP contribution in [0.4, 0.5) is 5.82 Å². The number of likely N-dealkylation sites (N-methyl/N-ethyl adjacent to an activating group) is 1. The van der Waals surface area contributed by atoms with E-state index in [-0.39, 0.29) is 24.0 Å². The highest BCUT2D eigenvalue weighted by Gasteiger charge is 2.33. The third kappa shape index (κ3) is 4.85. The van der Waals surface area contributed by atoms with Crippen LogP contribution in [-0.2, 0) is 22.6 Å². The van der Waals surface area contributed by atoms with E-state index in [1.54, 1.807) is 30.3 Å². The molecule has 5 rings (SSSR count). The average Bonchev–Trinajstić information content (AvgIpc) is 3.36. The van der Waals surface area contributed by atoms with Crippen LogP contribution in [0.1, 0.15) is 35.3 Å². The van der Waals surface area contributed by atoms with E-state index in [0.717, 1.165) is 40.0 Å². The summed E-state index contributed by atoms with van der Waals surface area (Å²) in [5.74, 6) is 1.19. The molecule has 35 heavy (non-hydrogen) atoms. The first-order valence-electron chi connectivity index (χ1n) is 12.0. The topological polar surface area (TPSA) is 98.9 Å². The lowest BCUT2D eigenvalue weighted by atomic mass is 10.0. The molecule has 2 aromatic heterocycles. The summed E-state index contributed by atoms with van der Waals surface area (Å²) in [6.45, 7) is 3.62. The van der Waals surface area contributed by atoms with E-state index in [1.807, 2.05) is 42.2 Å². The Hall–Kier alpha value is -3.49. The van der Waals surface area contributed by atoms with E-state index in [4.69, 9.17) is 4.42 Å². The van der Waals surface area contributed by atoms with E-state index in [2.05, 4.69) is 10.3 Å². The van der Waals surface area contributed by atoms with Crippen LogP contribution in [0.15, 0.2) is 47.0 Å². The summed E-state index contributed by atoms with van der Waals surface area (Å²) < 4.78 is 5.82. The molecule has 1 fully saturated rings. The van der Waals surface area contributed by atoms with Gasteiger partial charge in [-0.2, -0.15) is 0 Å². The Morgan fingerprint density at radius 2 is 2.17 bits per heavy atom. The summed E-state index contributed by atoms with van der Waals surface area (Å²) in [6, 6.07) is 9.54. The summed E-state index contributed by atoms with van der Waals surface area (Å²) in [5.41, 5.74) is 3.58. The van der Waals surface area contributed by atoms with Crippen LogP contribution in [0, 0.1) is 6.92 Å². The number of nitrogens with zero attached hydrogens (tertiary/aromatic N) is 3. The number of carbonyl (C=O) groups is 2. The number of aryl methyl sites for hydroxylation is 2. The van der Waals surface area contributed by atoms with Crippen molar-refractivity contribution in [2.45, 2.75) is 44.9 Å². The zero-order valence-corrected chi connectivity index (χ0v) is 20.0. The average molecular weight is 475 g/mol. The summed E-state index contributed by atoms with van der Waals surface area (Å²) >= 11 is 0. The Morgan fingerprint density at radius 1 is 1.34 bits per heavy atom. The van der Waals surface area contributed by atoms with Crippen LogP contribution in [0.25, 0.3) is 17.0 Å². The number of fused-ring (bicyclic) bond motifs is 2. The van der Waals surface area contributed by atoms with Crippen molar-refractivity contribution >= 4 is 34.7 Å². The maximum atomic E-state index is 12.8. The number of benzene rings is 1. The van der Waals surface area contributed by atoms with Crippen molar-refractivity contribution in [3.63, 3.8) is 0 Å². The number of anilines is 1. The molecule has 2 N–H and O–H groups in total. The van der Waals surface area contributed by atoms with Crippen molar-refractivity contribution in [3.8, 4) is 0 Å². The van der Waals surface area contributed by atoms with Gasteiger partial charge in [-0.3, -0.25) is 14.5 Å². The van der Waals surface area contributed by atoms with E-state index in [0.29, 0.717) is 38.2 Å². The third-order valence-corrected chi connectivity index (χ3v) is 6.94. The Balaban J connectivity index is 1.25. The fourth-order valence-corrected chi connectivity index (χ4v) is 4.97. The van der Waals surface area contributed by atoms with Gasteiger partial charge >= 0.3 is 0 Å².